The third-order valence-corrected chi connectivity index (χ3v) is 5.03. The van der Waals surface area contributed by atoms with Gasteiger partial charge in [-0.15, -0.1) is 0 Å². The van der Waals surface area contributed by atoms with Crippen LogP contribution in [0.15, 0.2) is 41.4 Å². The van der Waals surface area contributed by atoms with Gasteiger partial charge in [-0.25, -0.2) is 18.2 Å². The third kappa shape index (κ3) is 4.34. The van der Waals surface area contributed by atoms with Gasteiger partial charge < -0.3 is 14.0 Å². The molecule has 1 aromatic carbocycles. The largest absolute Gasteiger partial charge is 0.588 e. The molecule has 0 aliphatic heterocycles. The Hall–Kier alpha value is -2.43. The number of rotatable bonds is 7. The van der Waals surface area contributed by atoms with Gasteiger partial charge in [0.1, 0.15) is 22.2 Å². The number of halogens is 4. The summed E-state index contributed by atoms with van der Waals surface area (Å²) in [5.74, 6) is -1.82. The summed E-state index contributed by atoms with van der Waals surface area (Å²) in [6, 6.07) is 7.54. The molecule has 2 aromatic heterocycles. The first-order valence-electron chi connectivity index (χ1n) is 7.78. The molecule has 0 spiro atoms. The number of aromatic nitrogens is 2. The lowest BCUT2D eigenvalue weighted by Gasteiger charge is -2.16. The number of pyridine rings is 2. The summed E-state index contributed by atoms with van der Waals surface area (Å²) in [6.45, 7) is -1.02. The lowest BCUT2D eigenvalue weighted by atomic mass is 10.2. The van der Waals surface area contributed by atoms with Crippen LogP contribution < -0.4 is 14.2 Å². The van der Waals surface area contributed by atoms with Crippen LogP contribution in [-0.2, 0) is 11.4 Å². The molecule has 1 N–H and O–H groups in total. The molecule has 0 amide bonds. The molecule has 0 saturated carbocycles. The van der Waals surface area contributed by atoms with Gasteiger partial charge in [0.05, 0.1) is 7.11 Å². The van der Waals surface area contributed by atoms with Crippen molar-refractivity contribution in [3.8, 4) is 11.8 Å². The highest BCUT2D eigenvalue weighted by Gasteiger charge is 2.22. The summed E-state index contributed by atoms with van der Waals surface area (Å²) in [4.78, 5) is 8.05. The van der Waals surface area contributed by atoms with E-state index in [0.29, 0.717) is 15.7 Å². The van der Waals surface area contributed by atoms with Crippen LogP contribution in [0.5, 0.6) is 11.8 Å². The molecule has 2 heterocycles. The minimum Gasteiger partial charge on any atom is -0.588 e. The standard InChI is InChI=1S/C17H13ClF3N3O3S/c1-26-17-12(7-11(19)16(23-17)27-8-14(20)21)24-28(25)13-4-2-3-10-9(13)5-6-22-15(10)18/h2-7,14,24H,8H2,1H3. The molecule has 1 unspecified atom stereocenters. The lowest BCUT2D eigenvalue weighted by Crippen LogP contribution is -2.16. The Morgan fingerprint density at radius 3 is 2.75 bits per heavy atom. The highest BCUT2D eigenvalue weighted by atomic mass is 35.5. The van der Waals surface area contributed by atoms with Crippen LogP contribution in [0.1, 0.15) is 0 Å². The quantitative estimate of drug-likeness (QED) is 0.446. The number of ether oxygens (including phenoxy) is 2. The predicted molar refractivity (Wildman–Crippen MR) is 99.0 cm³/mol. The van der Waals surface area contributed by atoms with Crippen molar-refractivity contribution in [2.24, 2.45) is 0 Å². The first kappa shape index (κ1) is 20.3. The SMILES string of the molecule is COc1nc(OCC(F)F)c(F)cc1N[S+]([O-])c1cccc2c(Cl)nccc12. The molecule has 0 fully saturated rings. The smallest absolute Gasteiger partial charge is 0.272 e. The van der Waals surface area contributed by atoms with Crippen LogP contribution >= 0.6 is 11.6 Å². The lowest BCUT2D eigenvalue weighted by molar-refractivity contribution is 0.0770. The van der Waals surface area contributed by atoms with Gasteiger partial charge in [0.2, 0.25) is 5.88 Å². The molecule has 0 aliphatic rings. The number of hydrogen-bond acceptors (Lipinski definition) is 6. The molecular formula is C17H13ClF3N3O3S. The van der Waals surface area contributed by atoms with Gasteiger partial charge in [-0.05, 0) is 12.1 Å². The summed E-state index contributed by atoms with van der Waals surface area (Å²) >= 11 is 4.22. The maximum absolute atomic E-state index is 14.1. The Bertz CT molecular complexity index is 997. The zero-order valence-corrected chi connectivity index (χ0v) is 15.9. The molecule has 6 nitrogen and oxygen atoms in total. The summed E-state index contributed by atoms with van der Waals surface area (Å²) in [6.07, 6.45) is -1.31. The van der Waals surface area contributed by atoms with E-state index < -0.39 is 36.1 Å². The van der Waals surface area contributed by atoms with Crippen molar-refractivity contribution < 1.29 is 27.2 Å². The van der Waals surface area contributed by atoms with E-state index in [-0.39, 0.29) is 16.7 Å². The van der Waals surface area contributed by atoms with Crippen molar-refractivity contribution >= 4 is 39.4 Å². The number of benzene rings is 1. The number of anilines is 1. The Morgan fingerprint density at radius 2 is 2.04 bits per heavy atom. The van der Waals surface area contributed by atoms with E-state index >= 15 is 0 Å². The number of alkyl halides is 2. The van der Waals surface area contributed by atoms with Gasteiger partial charge in [-0.1, -0.05) is 23.7 Å². The maximum Gasteiger partial charge on any atom is 0.272 e. The molecule has 28 heavy (non-hydrogen) atoms. The van der Waals surface area contributed by atoms with E-state index in [2.05, 4.69) is 19.4 Å². The van der Waals surface area contributed by atoms with E-state index in [1.807, 2.05) is 0 Å². The molecule has 3 aromatic rings. The molecule has 0 aliphatic carbocycles. The van der Waals surface area contributed by atoms with Gasteiger partial charge in [0.15, 0.2) is 17.3 Å². The molecule has 0 bridgehead atoms. The van der Waals surface area contributed by atoms with Crippen molar-refractivity contribution in [2.75, 3.05) is 18.4 Å². The van der Waals surface area contributed by atoms with Gasteiger partial charge >= 0.3 is 0 Å². The van der Waals surface area contributed by atoms with E-state index in [1.165, 1.54) is 13.3 Å². The predicted octanol–water partition coefficient (Wildman–Crippen LogP) is 4.21. The van der Waals surface area contributed by atoms with Crippen molar-refractivity contribution in [1.82, 2.24) is 9.97 Å². The average molecular weight is 432 g/mol. The first-order chi connectivity index (χ1) is 13.4. The first-order valence-corrected chi connectivity index (χ1v) is 9.30. The Morgan fingerprint density at radius 1 is 1.25 bits per heavy atom. The molecule has 0 radical (unpaired) electrons. The molecule has 148 valence electrons. The van der Waals surface area contributed by atoms with Gasteiger partial charge in [-0.2, -0.15) is 9.71 Å². The van der Waals surface area contributed by atoms with E-state index in [4.69, 9.17) is 16.3 Å². The van der Waals surface area contributed by atoms with E-state index in [9.17, 15) is 17.7 Å². The van der Waals surface area contributed by atoms with Crippen LogP contribution in [0.25, 0.3) is 10.8 Å². The summed E-state index contributed by atoms with van der Waals surface area (Å²) < 4.78 is 63.7. The molecular weight excluding hydrogens is 419 g/mol. The second-order valence-corrected chi connectivity index (χ2v) is 6.90. The summed E-state index contributed by atoms with van der Waals surface area (Å²) in [5, 5.41) is 1.45. The van der Waals surface area contributed by atoms with Crippen LogP contribution in [0.3, 0.4) is 0 Å². The van der Waals surface area contributed by atoms with E-state index in [1.54, 1.807) is 24.3 Å². The number of methoxy groups -OCH3 is 1. The fourth-order valence-corrected chi connectivity index (χ4v) is 3.64. The third-order valence-electron chi connectivity index (χ3n) is 3.57. The minimum atomic E-state index is -2.79. The molecule has 11 heteroatoms. The fourth-order valence-electron chi connectivity index (χ4n) is 2.39. The molecule has 1 atom stereocenters. The van der Waals surface area contributed by atoms with Crippen molar-refractivity contribution in [2.45, 2.75) is 11.3 Å². The van der Waals surface area contributed by atoms with E-state index in [0.717, 1.165) is 6.07 Å². The van der Waals surface area contributed by atoms with Crippen molar-refractivity contribution in [1.29, 1.82) is 0 Å². The average Bonchev–Trinajstić information content (AvgIpc) is 2.67. The Kier molecular flexibility index (Phi) is 6.32. The highest BCUT2D eigenvalue weighted by Crippen LogP contribution is 2.32. The number of nitrogens with one attached hydrogen (secondary N) is 1. The number of nitrogens with zero attached hydrogens (tertiary/aromatic N) is 2. The monoisotopic (exact) mass is 431 g/mol. The van der Waals surface area contributed by atoms with Crippen LogP contribution in [-0.4, -0.2) is 34.7 Å². The van der Waals surface area contributed by atoms with Crippen molar-refractivity contribution in [3.63, 3.8) is 0 Å². The summed E-state index contributed by atoms with van der Waals surface area (Å²) in [7, 11) is 1.24. The Balaban J connectivity index is 1.91. The minimum absolute atomic E-state index is 0.0418. The second-order valence-electron chi connectivity index (χ2n) is 5.36. The zero-order valence-electron chi connectivity index (χ0n) is 14.3. The van der Waals surface area contributed by atoms with Crippen LogP contribution in [0.2, 0.25) is 5.15 Å². The van der Waals surface area contributed by atoms with Gasteiger partial charge in [0.25, 0.3) is 12.3 Å². The Labute approximate surface area is 166 Å². The normalized spacial score (nSPS) is 12.2. The van der Waals surface area contributed by atoms with Gasteiger partial charge in [-0.3, -0.25) is 0 Å². The van der Waals surface area contributed by atoms with Crippen LogP contribution in [0.4, 0.5) is 18.9 Å². The fraction of sp³-hybridized carbons (Fsp3) is 0.176. The van der Waals surface area contributed by atoms with Crippen LogP contribution in [0, 0.1) is 5.82 Å². The topological polar surface area (TPSA) is 79.3 Å². The zero-order chi connectivity index (χ0) is 20.3. The van der Waals surface area contributed by atoms with Crippen molar-refractivity contribution in [3.05, 3.63) is 47.5 Å². The molecule has 0 saturated heterocycles. The number of hydrogen-bond donors (Lipinski definition) is 1. The summed E-state index contributed by atoms with van der Waals surface area (Å²) in [5.41, 5.74) is -0.0418. The second kappa shape index (κ2) is 8.72. The molecule has 3 rings (SSSR count). The number of fused-ring (bicyclic) bond motifs is 1. The van der Waals surface area contributed by atoms with Gasteiger partial charge in [0, 0.05) is 23.0 Å². The maximum atomic E-state index is 14.1. The highest BCUT2D eigenvalue weighted by molar-refractivity contribution is 7.93.